The molecule has 1 aliphatic rings. The van der Waals surface area contributed by atoms with Crippen LogP contribution in [-0.4, -0.2) is 31.3 Å². The Hall–Kier alpha value is -2.34. The van der Waals surface area contributed by atoms with Crippen LogP contribution in [0.25, 0.3) is 0 Å². The molecule has 130 valence electrons. The molecule has 1 aromatic rings. The summed E-state index contributed by atoms with van der Waals surface area (Å²) >= 11 is 0. The van der Waals surface area contributed by atoms with Crippen molar-refractivity contribution in [3.63, 3.8) is 0 Å². The Labute approximate surface area is 142 Å². The first-order valence-corrected chi connectivity index (χ1v) is 8.02. The highest BCUT2D eigenvalue weighted by molar-refractivity contribution is 5.95. The van der Waals surface area contributed by atoms with E-state index < -0.39 is 12.0 Å². The Kier molecular flexibility index (Phi) is 5.98. The van der Waals surface area contributed by atoms with Crippen LogP contribution in [-0.2, 0) is 14.3 Å². The molecule has 0 spiro atoms. The molecule has 0 fully saturated rings. The lowest BCUT2D eigenvalue weighted by Crippen LogP contribution is -2.45. The molecular weight excluding hydrogens is 308 g/mol. The van der Waals surface area contributed by atoms with E-state index in [9.17, 15) is 9.59 Å². The van der Waals surface area contributed by atoms with Gasteiger partial charge < -0.3 is 20.1 Å². The zero-order chi connectivity index (χ0) is 17.7. The van der Waals surface area contributed by atoms with Crippen molar-refractivity contribution in [1.82, 2.24) is 10.6 Å². The largest absolute Gasteiger partial charge is 0.460 e. The molecule has 1 aliphatic heterocycles. The lowest BCUT2D eigenvalue weighted by Gasteiger charge is -2.29. The van der Waals surface area contributed by atoms with E-state index in [4.69, 9.17) is 9.47 Å². The van der Waals surface area contributed by atoms with Crippen molar-refractivity contribution >= 4 is 12.0 Å². The van der Waals surface area contributed by atoms with Crippen LogP contribution >= 0.6 is 0 Å². The molecule has 0 saturated carbocycles. The molecule has 6 heteroatoms. The summed E-state index contributed by atoms with van der Waals surface area (Å²) in [5, 5.41) is 5.44. The van der Waals surface area contributed by atoms with Gasteiger partial charge in [0.2, 0.25) is 0 Å². The topological polar surface area (TPSA) is 76.7 Å². The van der Waals surface area contributed by atoms with Gasteiger partial charge in [-0.3, -0.25) is 0 Å². The summed E-state index contributed by atoms with van der Waals surface area (Å²) in [4.78, 5) is 24.4. The number of benzene rings is 1. The molecule has 0 aliphatic carbocycles. The predicted molar refractivity (Wildman–Crippen MR) is 90.3 cm³/mol. The Morgan fingerprint density at radius 1 is 1.21 bits per heavy atom. The second kappa shape index (κ2) is 7.97. The molecule has 0 radical (unpaired) electrons. The predicted octanol–water partition coefficient (Wildman–Crippen LogP) is 2.59. The van der Waals surface area contributed by atoms with Crippen LogP contribution in [0, 0.1) is 6.92 Å². The number of carbonyl (C=O) groups excluding carboxylic acids is 2. The number of carbonyl (C=O) groups is 2. The van der Waals surface area contributed by atoms with Gasteiger partial charge in [0.15, 0.2) is 0 Å². The van der Waals surface area contributed by atoms with Gasteiger partial charge in [-0.25, -0.2) is 9.59 Å². The Bertz CT molecular complexity index is 652. The zero-order valence-electron chi connectivity index (χ0n) is 14.5. The maximum atomic E-state index is 12.5. The summed E-state index contributed by atoms with van der Waals surface area (Å²) in [5.74, 6) is -0.458. The third-order valence-corrected chi connectivity index (χ3v) is 3.76. The molecule has 1 aromatic carbocycles. The van der Waals surface area contributed by atoms with E-state index in [0.29, 0.717) is 17.9 Å². The molecule has 1 heterocycles. The van der Waals surface area contributed by atoms with Gasteiger partial charge in [-0.2, -0.15) is 0 Å². The summed E-state index contributed by atoms with van der Waals surface area (Å²) in [6.45, 7) is 7.99. The number of amides is 2. The number of aryl methyl sites for hydroxylation is 1. The van der Waals surface area contributed by atoms with Crippen molar-refractivity contribution in [2.24, 2.45) is 0 Å². The molecule has 2 rings (SSSR count). The molecule has 1 atom stereocenters. The number of hydrogen-bond acceptors (Lipinski definition) is 4. The van der Waals surface area contributed by atoms with Crippen LogP contribution in [0.4, 0.5) is 4.79 Å². The van der Waals surface area contributed by atoms with Crippen molar-refractivity contribution < 1.29 is 19.1 Å². The number of urea groups is 1. The summed E-state index contributed by atoms with van der Waals surface area (Å²) in [5.41, 5.74) is 2.78. The molecule has 2 N–H and O–H groups in total. The van der Waals surface area contributed by atoms with Crippen molar-refractivity contribution in [1.29, 1.82) is 0 Å². The summed E-state index contributed by atoms with van der Waals surface area (Å²) in [6, 6.07) is 6.77. The molecular formula is C18H24N2O4. The first kappa shape index (κ1) is 18.0. The minimum atomic E-state index is -0.529. The lowest BCUT2D eigenvalue weighted by atomic mass is 9.92. The quantitative estimate of drug-likeness (QED) is 0.620. The van der Waals surface area contributed by atoms with Gasteiger partial charge in [-0.05, 0) is 38.8 Å². The fourth-order valence-electron chi connectivity index (χ4n) is 2.60. The van der Waals surface area contributed by atoms with Crippen LogP contribution in [0.5, 0.6) is 0 Å². The summed E-state index contributed by atoms with van der Waals surface area (Å²) in [7, 11) is 0. The maximum Gasteiger partial charge on any atom is 0.338 e. The third kappa shape index (κ3) is 4.35. The Balaban J connectivity index is 2.19. The molecule has 0 bridgehead atoms. The highest BCUT2D eigenvalue weighted by atomic mass is 16.6. The minimum absolute atomic E-state index is 0.0833. The molecule has 0 saturated heterocycles. The van der Waals surface area contributed by atoms with Gasteiger partial charge in [-0.15, -0.1) is 0 Å². The van der Waals surface area contributed by atoms with Crippen LogP contribution in [0.2, 0.25) is 0 Å². The number of allylic oxidation sites excluding steroid dienone is 1. The van der Waals surface area contributed by atoms with Crippen molar-refractivity contribution in [2.75, 3.05) is 13.2 Å². The van der Waals surface area contributed by atoms with E-state index in [-0.39, 0.29) is 18.7 Å². The maximum absolute atomic E-state index is 12.5. The third-order valence-electron chi connectivity index (χ3n) is 3.76. The van der Waals surface area contributed by atoms with Gasteiger partial charge in [-0.1, -0.05) is 24.3 Å². The highest BCUT2D eigenvalue weighted by Gasteiger charge is 2.32. The van der Waals surface area contributed by atoms with Crippen molar-refractivity contribution in [3.05, 3.63) is 46.7 Å². The van der Waals surface area contributed by atoms with E-state index in [0.717, 1.165) is 11.1 Å². The van der Waals surface area contributed by atoms with E-state index >= 15 is 0 Å². The fourth-order valence-corrected chi connectivity index (χ4v) is 2.60. The monoisotopic (exact) mass is 332 g/mol. The minimum Gasteiger partial charge on any atom is -0.460 e. The van der Waals surface area contributed by atoms with E-state index in [1.165, 1.54) is 0 Å². The highest BCUT2D eigenvalue weighted by Crippen LogP contribution is 2.29. The Morgan fingerprint density at radius 3 is 2.58 bits per heavy atom. The average molecular weight is 332 g/mol. The van der Waals surface area contributed by atoms with E-state index in [2.05, 4.69) is 10.6 Å². The summed E-state index contributed by atoms with van der Waals surface area (Å²) < 4.78 is 10.7. The number of rotatable bonds is 6. The molecule has 0 unspecified atom stereocenters. The SMILES string of the molecule is CC1=C(C(=O)OCCOC(C)C)[C@@H](c2ccccc2C)NC(=O)N1. The smallest absolute Gasteiger partial charge is 0.338 e. The second-order valence-electron chi connectivity index (χ2n) is 5.98. The number of hydrogen-bond donors (Lipinski definition) is 2. The second-order valence-corrected chi connectivity index (χ2v) is 5.98. The van der Waals surface area contributed by atoms with Gasteiger partial charge in [0, 0.05) is 5.70 Å². The van der Waals surface area contributed by atoms with Gasteiger partial charge in [0.05, 0.1) is 24.3 Å². The van der Waals surface area contributed by atoms with Crippen molar-refractivity contribution in [2.45, 2.75) is 39.8 Å². The van der Waals surface area contributed by atoms with Gasteiger partial charge >= 0.3 is 12.0 Å². The van der Waals surface area contributed by atoms with Crippen LogP contribution in [0.15, 0.2) is 35.5 Å². The molecule has 2 amide bonds. The first-order chi connectivity index (χ1) is 11.4. The fraction of sp³-hybridized carbons (Fsp3) is 0.444. The summed E-state index contributed by atoms with van der Waals surface area (Å²) in [6.07, 6.45) is 0.0833. The van der Waals surface area contributed by atoms with Crippen LogP contribution < -0.4 is 10.6 Å². The number of esters is 1. The van der Waals surface area contributed by atoms with Crippen LogP contribution in [0.1, 0.15) is 37.9 Å². The van der Waals surface area contributed by atoms with E-state index in [1.807, 2.05) is 45.0 Å². The zero-order valence-corrected chi connectivity index (χ0v) is 14.5. The van der Waals surface area contributed by atoms with Gasteiger partial charge in [0.1, 0.15) is 6.61 Å². The molecule has 0 aromatic heterocycles. The Morgan fingerprint density at radius 2 is 1.92 bits per heavy atom. The number of ether oxygens (including phenoxy) is 2. The molecule has 24 heavy (non-hydrogen) atoms. The van der Waals surface area contributed by atoms with Crippen LogP contribution in [0.3, 0.4) is 0 Å². The lowest BCUT2D eigenvalue weighted by molar-refractivity contribution is -0.141. The van der Waals surface area contributed by atoms with Crippen molar-refractivity contribution in [3.8, 4) is 0 Å². The van der Waals surface area contributed by atoms with E-state index in [1.54, 1.807) is 6.92 Å². The number of nitrogens with one attached hydrogen (secondary N) is 2. The average Bonchev–Trinajstić information content (AvgIpc) is 2.51. The van der Waals surface area contributed by atoms with Gasteiger partial charge in [0.25, 0.3) is 0 Å². The first-order valence-electron chi connectivity index (χ1n) is 8.02. The molecule has 6 nitrogen and oxygen atoms in total. The standard InChI is InChI=1S/C18H24N2O4/c1-11(2)23-9-10-24-17(21)15-13(4)19-18(22)20-16(15)14-8-6-5-7-12(14)3/h5-8,11,16H,9-10H2,1-4H3,(H2,19,20,22)/t16-/m1/s1. The normalized spacial score (nSPS) is 17.5.